The lowest BCUT2D eigenvalue weighted by molar-refractivity contribution is -0.131. The number of carbonyl (C=O) groups is 4. The summed E-state index contributed by atoms with van der Waals surface area (Å²) < 4.78 is 6.10. The van der Waals surface area contributed by atoms with Gasteiger partial charge in [-0.2, -0.15) is 0 Å². The number of ketones is 2. The maximum absolute atomic E-state index is 14.1. The number of halogens is 1. The van der Waals surface area contributed by atoms with Crippen LogP contribution in [0.3, 0.4) is 0 Å². The molecule has 9 heteroatoms. The van der Waals surface area contributed by atoms with E-state index in [0.717, 1.165) is 37.7 Å². The maximum atomic E-state index is 14.1. The number of carbonyl (C=O) groups excluding carboxylic acids is 4. The average Bonchev–Trinajstić information content (AvgIpc) is 3.81. The number of nitrogens with zero attached hydrogens (tertiary/aromatic N) is 1. The molecule has 1 aromatic heterocycles. The van der Waals surface area contributed by atoms with E-state index in [0.29, 0.717) is 53.4 Å². The van der Waals surface area contributed by atoms with Crippen LogP contribution in [0, 0.1) is 17.8 Å². The molecule has 2 amide bonds. The molecule has 2 saturated carbocycles. The van der Waals surface area contributed by atoms with Crippen molar-refractivity contribution >= 4 is 45.9 Å². The lowest BCUT2D eigenvalue weighted by Gasteiger charge is -2.29. The molecule has 2 N–H and O–H groups in total. The Labute approximate surface area is 256 Å². The number of ether oxygens (including phenoxy) is 1. The lowest BCUT2D eigenvalue weighted by Crippen LogP contribution is -2.53. The SMILES string of the molecule is CCC(=O)[C@H](C[C@@H]1CCCC1=O)NC(=O)[C@@H]1[C@H]2CCC[C@H]2CN1C(=O)c1cc2c(Cl)ccc(OCc3ccccc3)c2[nH]1. The Balaban J connectivity index is 1.24. The van der Waals surface area contributed by atoms with Crippen molar-refractivity contribution in [2.45, 2.75) is 77.0 Å². The molecule has 1 saturated heterocycles. The van der Waals surface area contributed by atoms with Crippen molar-refractivity contribution in [2.75, 3.05) is 6.54 Å². The molecule has 1 aliphatic heterocycles. The zero-order chi connectivity index (χ0) is 30.1. The smallest absolute Gasteiger partial charge is 0.271 e. The van der Waals surface area contributed by atoms with Gasteiger partial charge in [0.1, 0.15) is 29.9 Å². The van der Waals surface area contributed by atoms with Crippen molar-refractivity contribution in [3.05, 3.63) is 64.8 Å². The monoisotopic (exact) mass is 603 g/mol. The molecular weight excluding hydrogens is 566 g/mol. The first kappa shape index (κ1) is 29.4. The second kappa shape index (κ2) is 12.5. The summed E-state index contributed by atoms with van der Waals surface area (Å²) in [4.78, 5) is 58.2. The standard InChI is InChI=1S/C34H38ClN3O5/c1-2-28(39)26(16-21-10-7-13-29(21)40)37-33(41)32-23-12-6-11-22(23)18-38(32)34(42)27-17-24-25(35)14-15-30(31(24)36-27)43-19-20-8-4-3-5-9-20/h3-5,8-9,14-15,17,21-23,26,32,36H,2,6-7,10-13,16,18-19H2,1H3,(H,37,41)/t21-,22-,23-,26-,32-/m0/s1. The summed E-state index contributed by atoms with van der Waals surface area (Å²) in [5.41, 5.74) is 1.98. The fraction of sp³-hybridized carbons (Fsp3) is 0.471. The molecule has 6 rings (SSSR count). The normalized spacial score (nSPS) is 23.9. The minimum Gasteiger partial charge on any atom is -0.487 e. The second-order valence-electron chi connectivity index (χ2n) is 12.2. The van der Waals surface area contributed by atoms with Gasteiger partial charge >= 0.3 is 0 Å². The van der Waals surface area contributed by atoms with Crippen molar-refractivity contribution in [2.24, 2.45) is 17.8 Å². The number of aromatic nitrogens is 1. The number of likely N-dealkylation sites (tertiary alicyclic amines) is 1. The second-order valence-corrected chi connectivity index (χ2v) is 12.6. The summed E-state index contributed by atoms with van der Waals surface area (Å²) in [6.45, 7) is 2.62. The predicted molar refractivity (Wildman–Crippen MR) is 164 cm³/mol. The van der Waals surface area contributed by atoms with Gasteiger partial charge in [0.2, 0.25) is 5.91 Å². The van der Waals surface area contributed by atoms with E-state index in [2.05, 4.69) is 10.3 Å². The van der Waals surface area contributed by atoms with Gasteiger partial charge in [-0.25, -0.2) is 0 Å². The summed E-state index contributed by atoms with van der Waals surface area (Å²) in [5, 5.41) is 4.16. The van der Waals surface area contributed by atoms with E-state index < -0.39 is 12.1 Å². The van der Waals surface area contributed by atoms with E-state index in [9.17, 15) is 19.2 Å². The molecule has 43 heavy (non-hydrogen) atoms. The molecule has 0 unspecified atom stereocenters. The molecule has 0 spiro atoms. The van der Waals surface area contributed by atoms with Gasteiger partial charge in [0.15, 0.2) is 5.78 Å². The number of rotatable bonds is 10. The van der Waals surface area contributed by atoms with Gasteiger partial charge in [0.05, 0.1) is 16.6 Å². The van der Waals surface area contributed by atoms with Crippen molar-refractivity contribution in [3.8, 4) is 5.75 Å². The number of amides is 2. The highest BCUT2D eigenvalue weighted by molar-refractivity contribution is 6.35. The third-order valence-corrected chi connectivity index (χ3v) is 9.92. The highest BCUT2D eigenvalue weighted by Gasteiger charge is 2.50. The van der Waals surface area contributed by atoms with Crippen LogP contribution in [0.25, 0.3) is 10.9 Å². The number of benzene rings is 2. The van der Waals surface area contributed by atoms with Gasteiger partial charge in [-0.05, 0) is 67.7 Å². The zero-order valence-corrected chi connectivity index (χ0v) is 25.2. The number of Topliss-reactive ketones (excluding diaryl/α,β-unsaturated/α-hetero) is 2. The van der Waals surface area contributed by atoms with Crippen LogP contribution < -0.4 is 10.1 Å². The van der Waals surface area contributed by atoms with Gasteiger partial charge in [-0.15, -0.1) is 0 Å². The Kier molecular flexibility index (Phi) is 8.57. The highest BCUT2D eigenvalue weighted by atomic mass is 35.5. The van der Waals surface area contributed by atoms with Crippen molar-refractivity contribution < 1.29 is 23.9 Å². The van der Waals surface area contributed by atoms with Crippen LogP contribution in [0.2, 0.25) is 5.02 Å². The third-order valence-electron chi connectivity index (χ3n) is 9.59. The van der Waals surface area contributed by atoms with Gasteiger partial charge in [-0.1, -0.05) is 55.3 Å². The van der Waals surface area contributed by atoms with Crippen LogP contribution in [-0.4, -0.2) is 51.9 Å². The highest BCUT2D eigenvalue weighted by Crippen LogP contribution is 2.43. The van der Waals surface area contributed by atoms with Crippen LogP contribution >= 0.6 is 11.6 Å². The molecule has 2 aliphatic carbocycles. The first-order valence-electron chi connectivity index (χ1n) is 15.5. The van der Waals surface area contributed by atoms with Gasteiger partial charge in [-0.3, -0.25) is 19.2 Å². The Morgan fingerprint density at radius 2 is 1.91 bits per heavy atom. The number of H-pyrrole nitrogens is 1. The number of aromatic amines is 1. The van der Waals surface area contributed by atoms with Crippen molar-refractivity contribution in [1.82, 2.24) is 15.2 Å². The summed E-state index contributed by atoms with van der Waals surface area (Å²) >= 11 is 6.54. The van der Waals surface area contributed by atoms with Crippen LogP contribution in [0.5, 0.6) is 5.75 Å². The zero-order valence-electron chi connectivity index (χ0n) is 24.4. The van der Waals surface area contributed by atoms with Gasteiger partial charge in [0, 0.05) is 30.7 Å². The van der Waals surface area contributed by atoms with E-state index in [4.69, 9.17) is 16.3 Å². The molecule has 0 bridgehead atoms. The topological polar surface area (TPSA) is 109 Å². The number of nitrogens with one attached hydrogen (secondary N) is 2. The molecule has 0 radical (unpaired) electrons. The summed E-state index contributed by atoms with van der Waals surface area (Å²) in [5.74, 6) is 0.150. The number of hydrogen-bond donors (Lipinski definition) is 2. The molecule has 2 aromatic carbocycles. The van der Waals surface area contributed by atoms with E-state index in [-0.39, 0.29) is 47.6 Å². The quantitative estimate of drug-likeness (QED) is 0.302. The van der Waals surface area contributed by atoms with E-state index in [1.165, 1.54) is 0 Å². The fourth-order valence-electron chi connectivity index (χ4n) is 7.33. The van der Waals surface area contributed by atoms with Crippen LogP contribution in [0.4, 0.5) is 0 Å². The summed E-state index contributed by atoms with van der Waals surface area (Å²) in [6, 6.07) is 13.7. The number of fused-ring (bicyclic) bond motifs is 2. The molecule has 3 aliphatic rings. The molecule has 3 fully saturated rings. The van der Waals surface area contributed by atoms with Crippen LogP contribution in [0.15, 0.2) is 48.5 Å². The summed E-state index contributed by atoms with van der Waals surface area (Å²) in [6.07, 6.45) is 5.55. The Bertz CT molecular complexity index is 1540. The largest absolute Gasteiger partial charge is 0.487 e. The minimum atomic E-state index is -0.724. The Morgan fingerprint density at radius 1 is 1.09 bits per heavy atom. The van der Waals surface area contributed by atoms with E-state index >= 15 is 0 Å². The molecule has 5 atom stereocenters. The maximum Gasteiger partial charge on any atom is 0.271 e. The van der Waals surface area contributed by atoms with E-state index in [1.807, 2.05) is 30.3 Å². The number of hydrogen-bond acceptors (Lipinski definition) is 5. The minimum absolute atomic E-state index is 0.0344. The summed E-state index contributed by atoms with van der Waals surface area (Å²) in [7, 11) is 0. The first-order chi connectivity index (χ1) is 20.8. The molecule has 2 heterocycles. The van der Waals surface area contributed by atoms with Gasteiger partial charge < -0.3 is 19.9 Å². The van der Waals surface area contributed by atoms with Crippen molar-refractivity contribution in [3.63, 3.8) is 0 Å². The third kappa shape index (κ3) is 5.94. The predicted octanol–water partition coefficient (Wildman–Crippen LogP) is 5.86. The lowest BCUT2D eigenvalue weighted by atomic mass is 9.91. The molecular formula is C34H38ClN3O5. The molecule has 8 nitrogen and oxygen atoms in total. The Morgan fingerprint density at radius 3 is 2.65 bits per heavy atom. The van der Waals surface area contributed by atoms with Crippen molar-refractivity contribution in [1.29, 1.82) is 0 Å². The molecule has 226 valence electrons. The van der Waals surface area contributed by atoms with Gasteiger partial charge in [0.25, 0.3) is 5.91 Å². The van der Waals surface area contributed by atoms with E-state index in [1.54, 1.807) is 30.0 Å². The van der Waals surface area contributed by atoms with Crippen LogP contribution in [-0.2, 0) is 21.0 Å². The molecule has 3 aromatic rings. The van der Waals surface area contributed by atoms with Crippen LogP contribution in [0.1, 0.15) is 74.3 Å². The first-order valence-corrected chi connectivity index (χ1v) is 15.9. The average molecular weight is 604 g/mol. The fourth-order valence-corrected chi connectivity index (χ4v) is 7.54. The Hall–Kier alpha value is -3.65.